The maximum Gasteiger partial charge on any atom is 0.0574 e. The molecule has 0 aromatic heterocycles. The van der Waals surface area contributed by atoms with Gasteiger partial charge in [0.05, 0.1) is 6.10 Å². The molecule has 72 valence electrons. The van der Waals surface area contributed by atoms with E-state index in [1.807, 2.05) is 7.11 Å². The van der Waals surface area contributed by atoms with E-state index in [-0.39, 0.29) is 0 Å². The lowest BCUT2D eigenvalue weighted by atomic mass is 9.96. The van der Waals surface area contributed by atoms with Gasteiger partial charge in [-0.15, -0.1) is 0 Å². The molecule has 0 bridgehead atoms. The molecule has 1 aliphatic carbocycles. The van der Waals surface area contributed by atoms with Gasteiger partial charge in [0.25, 0.3) is 0 Å². The first-order chi connectivity index (χ1) is 5.86. The summed E-state index contributed by atoms with van der Waals surface area (Å²) in [5, 5.41) is 0. The predicted molar refractivity (Wildman–Crippen MR) is 51.0 cm³/mol. The van der Waals surface area contributed by atoms with Crippen molar-refractivity contribution in [3.8, 4) is 0 Å². The lowest BCUT2D eigenvalue weighted by Gasteiger charge is -2.17. The number of hydrogen-bond acceptors (Lipinski definition) is 2. The normalized spacial score (nSPS) is 31.5. The Morgan fingerprint density at radius 3 is 2.75 bits per heavy atom. The maximum absolute atomic E-state index is 5.56. The van der Waals surface area contributed by atoms with Crippen molar-refractivity contribution < 1.29 is 4.74 Å². The Hall–Kier alpha value is -0.0800. The molecule has 0 aliphatic heterocycles. The fraction of sp³-hybridized carbons (Fsp3) is 1.00. The van der Waals surface area contributed by atoms with Crippen molar-refractivity contribution in [2.24, 2.45) is 11.7 Å². The van der Waals surface area contributed by atoms with Crippen LogP contribution in [-0.2, 0) is 4.74 Å². The minimum absolute atomic E-state index is 0.504. The summed E-state index contributed by atoms with van der Waals surface area (Å²) in [5.41, 5.74) is 5.56. The lowest BCUT2D eigenvalue weighted by Crippen LogP contribution is -2.16. The van der Waals surface area contributed by atoms with Crippen molar-refractivity contribution in [1.82, 2.24) is 0 Å². The molecule has 1 saturated carbocycles. The average molecular weight is 171 g/mol. The van der Waals surface area contributed by atoms with Gasteiger partial charge in [0.1, 0.15) is 0 Å². The van der Waals surface area contributed by atoms with Gasteiger partial charge in [-0.1, -0.05) is 19.3 Å². The minimum atomic E-state index is 0.504. The molecule has 0 saturated heterocycles. The van der Waals surface area contributed by atoms with Crippen LogP contribution in [0.3, 0.4) is 0 Å². The van der Waals surface area contributed by atoms with Gasteiger partial charge in [-0.05, 0) is 31.7 Å². The van der Waals surface area contributed by atoms with Crippen molar-refractivity contribution in [2.75, 3.05) is 13.7 Å². The third-order valence-corrected chi connectivity index (χ3v) is 2.89. The zero-order chi connectivity index (χ0) is 8.81. The summed E-state index contributed by atoms with van der Waals surface area (Å²) in [6.07, 6.45) is 8.22. The van der Waals surface area contributed by atoms with Crippen molar-refractivity contribution in [3.63, 3.8) is 0 Å². The smallest absolute Gasteiger partial charge is 0.0574 e. The van der Waals surface area contributed by atoms with Gasteiger partial charge in [0.2, 0.25) is 0 Å². The van der Waals surface area contributed by atoms with E-state index >= 15 is 0 Å². The SMILES string of the molecule is COC1CCCCC(CCN)C1. The van der Waals surface area contributed by atoms with E-state index in [0.29, 0.717) is 6.10 Å². The van der Waals surface area contributed by atoms with Crippen LogP contribution < -0.4 is 5.73 Å². The molecule has 2 nitrogen and oxygen atoms in total. The van der Waals surface area contributed by atoms with Gasteiger partial charge < -0.3 is 10.5 Å². The zero-order valence-electron chi connectivity index (χ0n) is 8.09. The van der Waals surface area contributed by atoms with Crippen LogP contribution in [0.1, 0.15) is 38.5 Å². The highest BCUT2D eigenvalue weighted by atomic mass is 16.5. The largest absolute Gasteiger partial charge is 0.381 e. The van der Waals surface area contributed by atoms with E-state index in [1.165, 1.54) is 38.5 Å². The molecular weight excluding hydrogens is 150 g/mol. The highest BCUT2D eigenvalue weighted by Crippen LogP contribution is 2.26. The van der Waals surface area contributed by atoms with Crippen LogP contribution in [-0.4, -0.2) is 19.8 Å². The monoisotopic (exact) mass is 171 g/mol. The van der Waals surface area contributed by atoms with Crippen molar-refractivity contribution in [2.45, 2.75) is 44.6 Å². The standard InChI is InChI=1S/C10H21NO/c1-12-10-5-3-2-4-9(8-10)6-7-11/h9-10H,2-8,11H2,1H3. The van der Waals surface area contributed by atoms with Gasteiger partial charge in [0.15, 0.2) is 0 Å². The molecule has 0 heterocycles. The van der Waals surface area contributed by atoms with Crippen LogP contribution >= 0.6 is 0 Å². The number of ether oxygens (including phenoxy) is 1. The number of nitrogens with two attached hydrogens (primary N) is 1. The Labute approximate surface area is 75.5 Å². The van der Waals surface area contributed by atoms with Crippen LogP contribution in [0.5, 0.6) is 0 Å². The highest BCUT2D eigenvalue weighted by molar-refractivity contribution is 4.71. The van der Waals surface area contributed by atoms with Crippen LogP contribution in [0, 0.1) is 5.92 Å². The molecule has 1 fully saturated rings. The molecule has 0 radical (unpaired) electrons. The molecule has 2 atom stereocenters. The van der Waals surface area contributed by atoms with Gasteiger partial charge >= 0.3 is 0 Å². The molecule has 2 heteroatoms. The Morgan fingerprint density at radius 1 is 1.33 bits per heavy atom. The van der Waals surface area contributed by atoms with E-state index in [2.05, 4.69) is 0 Å². The fourth-order valence-electron chi connectivity index (χ4n) is 2.12. The Balaban J connectivity index is 2.31. The highest BCUT2D eigenvalue weighted by Gasteiger charge is 2.18. The molecule has 0 amide bonds. The van der Waals surface area contributed by atoms with E-state index in [4.69, 9.17) is 10.5 Å². The summed E-state index contributed by atoms with van der Waals surface area (Å²) in [5.74, 6) is 0.822. The Bertz CT molecular complexity index is 116. The number of methoxy groups -OCH3 is 1. The van der Waals surface area contributed by atoms with Crippen LogP contribution in [0.25, 0.3) is 0 Å². The Kier molecular flexibility index (Phi) is 4.62. The molecule has 0 spiro atoms. The van der Waals surface area contributed by atoms with E-state index in [1.54, 1.807) is 0 Å². The van der Waals surface area contributed by atoms with Gasteiger partial charge in [0, 0.05) is 7.11 Å². The van der Waals surface area contributed by atoms with Gasteiger partial charge in [-0.3, -0.25) is 0 Å². The van der Waals surface area contributed by atoms with Crippen molar-refractivity contribution >= 4 is 0 Å². The second-order valence-corrected chi connectivity index (χ2v) is 3.82. The molecule has 2 unspecified atom stereocenters. The summed E-state index contributed by atoms with van der Waals surface area (Å²) in [7, 11) is 1.83. The molecule has 1 aliphatic rings. The zero-order valence-corrected chi connectivity index (χ0v) is 8.09. The maximum atomic E-state index is 5.56. The third-order valence-electron chi connectivity index (χ3n) is 2.89. The average Bonchev–Trinajstić information content (AvgIpc) is 2.30. The van der Waals surface area contributed by atoms with Crippen molar-refractivity contribution in [3.05, 3.63) is 0 Å². The van der Waals surface area contributed by atoms with E-state index in [9.17, 15) is 0 Å². The molecule has 1 rings (SSSR count). The summed E-state index contributed by atoms with van der Waals surface area (Å²) >= 11 is 0. The molecule has 12 heavy (non-hydrogen) atoms. The Morgan fingerprint density at radius 2 is 2.08 bits per heavy atom. The quantitative estimate of drug-likeness (QED) is 0.658. The topological polar surface area (TPSA) is 35.2 Å². The lowest BCUT2D eigenvalue weighted by molar-refractivity contribution is 0.0783. The number of rotatable bonds is 3. The summed E-state index contributed by atoms with van der Waals surface area (Å²) < 4.78 is 5.41. The molecular formula is C10H21NO. The first-order valence-corrected chi connectivity index (χ1v) is 5.09. The van der Waals surface area contributed by atoms with E-state index in [0.717, 1.165) is 12.5 Å². The molecule has 0 aromatic carbocycles. The van der Waals surface area contributed by atoms with E-state index < -0.39 is 0 Å². The summed E-state index contributed by atoms with van der Waals surface area (Å²) in [6, 6.07) is 0. The van der Waals surface area contributed by atoms with Gasteiger partial charge in [-0.25, -0.2) is 0 Å². The van der Waals surface area contributed by atoms with Crippen molar-refractivity contribution in [1.29, 1.82) is 0 Å². The predicted octanol–water partition coefficient (Wildman–Crippen LogP) is 1.93. The second kappa shape index (κ2) is 5.55. The van der Waals surface area contributed by atoms with Crippen LogP contribution in [0.15, 0.2) is 0 Å². The molecule has 0 aromatic rings. The molecule has 2 N–H and O–H groups in total. The fourth-order valence-corrected chi connectivity index (χ4v) is 2.12. The second-order valence-electron chi connectivity index (χ2n) is 3.82. The minimum Gasteiger partial charge on any atom is -0.381 e. The third kappa shape index (κ3) is 3.11. The summed E-state index contributed by atoms with van der Waals surface area (Å²) in [6.45, 7) is 0.834. The van der Waals surface area contributed by atoms with Crippen LogP contribution in [0.2, 0.25) is 0 Å². The number of hydrogen-bond donors (Lipinski definition) is 1. The van der Waals surface area contributed by atoms with Gasteiger partial charge in [-0.2, -0.15) is 0 Å². The summed E-state index contributed by atoms with van der Waals surface area (Å²) in [4.78, 5) is 0. The first-order valence-electron chi connectivity index (χ1n) is 5.09. The first kappa shape index (κ1) is 10.0. The van der Waals surface area contributed by atoms with Crippen LogP contribution in [0.4, 0.5) is 0 Å².